The zero-order valence-electron chi connectivity index (χ0n) is 9.33. The van der Waals surface area contributed by atoms with Gasteiger partial charge in [0.1, 0.15) is 0 Å². The zero-order valence-corrected chi connectivity index (χ0v) is 9.33. The summed E-state index contributed by atoms with van der Waals surface area (Å²) in [5.41, 5.74) is 1.77. The molecule has 15 heavy (non-hydrogen) atoms. The van der Waals surface area contributed by atoms with E-state index in [-0.39, 0.29) is 0 Å². The molecule has 80 valence electrons. The van der Waals surface area contributed by atoms with Crippen molar-refractivity contribution in [1.82, 2.24) is 4.90 Å². The van der Waals surface area contributed by atoms with Crippen LogP contribution in [0, 0.1) is 11.3 Å². The molecule has 0 fully saturated rings. The summed E-state index contributed by atoms with van der Waals surface area (Å²) in [4.78, 5) is 2.25. The minimum absolute atomic E-state index is 0.700. The largest absolute Gasteiger partial charge is 0.384 e. The molecule has 3 heteroatoms. The Morgan fingerprint density at radius 1 is 1.33 bits per heavy atom. The SMILES string of the molecule is CCN(C)CCNc1ccc(C#N)cc1. The maximum atomic E-state index is 8.63. The van der Waals surface area contributed by atoms with Gasteiger partial charge in [-0.3, -0.25) is 0 Å². The Labute approximate surface area is 91.3 Å². The fraction of sp³-hybridized carbons (Fsp3) is 0.417. The van der Waals surface area contributed by atoms with Crippen molar-refractivity contribution in [2.75, 3.05) is 32.0 Å². The van der Waals surface area contributed by atoms with Crippen molar-refractivity contribution in [1.29, 1.82) is 5.26 Å². The number of hydrogen-bond donors (Lipinski definition) is 1. The number of likely N-dealkylation sites (N-methyl/N-ethyl adjacent to an activating group) is 1. The minimum Gasteiger partial charge on any atom is -0.384 e. The summed E-state index contributed by atoms with van der Waals surface area (Å²) in [5.74, 6) is 0. The molecule has 0 atom stereocenters. The summed E-state index contributed by atoms with van der Waals surface area (Å²) in [6.07, 6.45) is 0. The molecule has 0 saturated heterocycles. The molecule has 1 N–H and O–H groups in total. The highest BCUT2D eigenvalue weighted by molar-refractivity contribution is 5.47. The summed E-state index contributed by atoms with van der Waals surface area (Å²) in [7, 11) is 2.10. The van der Waals surface area contributed by atoms with E-state index in [0.717, 1.165) is 25.3 Å². The number of benzene rings is 1. The topological polar surface area (TPSA) is 39.1 Å². The Morgan fingerprint density at radius 3 is 2.53 bits per heavy atom. The van der Waals surface area contributed by atoms with Gasteiger partial charge in [-0.2, -0.15) is 5.26 Å². The lowest BCUT2D eigenvalue weighted by atomic mass is 10.2. The fourth-order valence-electron chi connectivity index (χ4n) is 1.21. The number of nitrogens with zero attached hydrogens (tertiary/aromatic N) is 2. The molecule has 0 bridgehead atoms. The molecule has 0 aromatic heterocycles. The molecule has 0 amide bonds. The standard InChI is InChI=1S/C12H17N3/c1-3-15(2)9-8-14-12-6-4-11(10-13)5-7-12/h4-7,14H,3,8-9H2,1-2H3. The van der Waals surface area contributed by atoms with E-state index in [1.54, 1.807) is 0 Å². The van der Waals surface area contributed by atoms with Crippen LogP contribution >= 0.6 is 0 Å². The summed E-state index contributed by atoms with van der Waals surface area (Å²) in [6.45, 7) is 5.16. The Hall–Kier alpha value is -1.53. The first-order valence-electron chi connectivity index (χ1n) is 5.19. The van der Waals surface area contributed by atoms with Gasteiger partial charge >= 0.3 is 0 Å². The molecule has 0 aliphatic rings. The third-order valence-electron chi connectivity index (χ3n) is 2.38. The van der Waals surface area contributed by atoms with Gasteiger partial charge in [-0.1, -0.05) is 6.92 Å². The van der Waals surface area contributed by atoms with Gasteiger partial charge in [0.15, 0.2) is 0 Å². The highest BCUT2D eigenvalue weighted by atomic mass is 15.1. The molecule has 0 heterocycles. The van der Waals surface area contributed by atoms with E-state index in [1.165, 1.54) is 0 Å². The molecular formula is C12H17N3. The highest BCUT2D eigenvalue weighted by Crippen LogP contribution is 2.07. The van der Waals surface area contributed by atoms with Gasteiger partial charge in [-0.15, -0.1) is 0 Å². The molecule has 0 saturated carbocycles. The third-order valence-corrected chi connectivity index (χ3v) is 2.38. The third kappa shape index (κ3) is 4.01. The summed E-state index contributed by atoms with van der Waals surface area (Å²) < 4.78 is 0. The van der Waals surface area contributed by atoms with E-state index in [2.05, 4.69) is 30.3 Å². The van der Waals surface area contributed by atoms with Crippen LogP contribution in [0.2, 0.25) is 0 Å². The van der Waals surface area contributed by atoms with Crippen LogP contribution in [0.15, 0.2) is 24.3 Å². The molecule has 0 spiro atoms. The smallest absolute Gasteiger partial charge is 0.0991 e. The van der Waals surface area contributed by atoms with E-state index in [9.17, 15) is 0 Å². The molecule has 1 aromatic carbocycles. The molecule has 0 radical (unpaired) electrons. The highest BCUT2D eigenvalue weighted by Gasteiger charge is 1.95. The number of anilines is 1. The number of rotatable bonds is 5. The summed E-state index contributed by atoms with van der Waals surface area (Å²) in [5, 5.41) is 11.9. The van der Waals surface area contributed by atoms with Crippen LogP contribution in [-0.4, -0.2) is 31.6 Å². The van der Waals surface area contributed by atoms with E-state index in [1.807, 2.05) is 24.3 Å². The lowest BCUT2D eigenvalue weighted by molar-refractivity contribution is 0.367. The number of nitrogens with one attached hydrogen (secondary N) is 1. The molecular weight excluding hydrogens is 186 g/mol. The van der Waals surface area contributed by atoms with Crippen molar-refractivity contribution in [3.8, 4) is 6.07 Å². The second-order valence-corrected chi connectivity index (χ2v) is 3.51. The Kier molecular flexibility index (Phi) is 4.65. The summed E-state index contributed by atoms with van der Waals surface area (Å²) in [6, 6.07) is 9.62. The van der Waals surface area contributed by atoms with Crippen LogP contribution in [0.4, 0.5) is 5.69 Å². The Morgan fingerprint density at radius 2 is 2.00 bits per heavy atom. The Bertz CT molecular complexity index is 324. The first-order valence-corrected chi connectivity index (χ1v) is 5.19. The maximum Gasteiger partial charge on any atom is 0.0991 e. The van der Waals surface area contributed by atoms with Gasteiger partial charge in [0.05, 0.1) is 11.6 Å². The van der Waals surface area contributed by atoms with Crippen LogP contribution in [0.5, 0.6) is 0 Å². The quantitative estimate of drug-likeness (QED) is 0.794. The lowest BCUT2D eigenvalue weighted by Gasteiger charge is -2.14. The van der Waals surface area contributed by atoms with Gasteiger partial charge in [-0.25, -0.2) is 0 Å². The summed E-state index contributed by atoms with van der Waals surface area (Å²) >= 11 is 0. The molecule has 3 nitrogen and oxygen atoms in total. The predicted molar refractivity (Wildman–Crippen MR) is 62.8 cm³/mol. The van der Waals surface area contributed by atoms with Crippen molar-refractivity contribution in [3.05, 3.63) is 29.8 Å². The number of nitriles is 1. The van der Waals surface area contributed by atoms with E-state index >= 15 is 0 Å². The van der Waals surface area contributed by atoms with Crippen molar-refractivity contribution in [2.45, 2.75) is 6.92 Å². The van der Waals surface area contributed by atoms with E-state index in [4.69, 9.17) is 5.26 Å². The monoisotopic (exact) mass is 203 g/mol. The minimum atomic E-state index is 0.700. The number of hydrogen-bond acceptors (Lipinski definition) is 3. The fourth-order valence-corrected chi connectivity index (χ4v) is 1.21. The normalized spacial score (nSPS) is 10.0. The van der Waals surface area contributed by atoms with Gasteiger partial charge in [0, 0.05) is 18.8 Å². The predicted octanol–water partition coefficient (Wildman–Crippen LogP) is 1.92. The van der Waals surface area contributed by atoms with Crippen LogP contribution in [0.3, 0.4) is 0 Å². The van der Waals surface area contributed by atoms with Crippen LogP contribution < -0.4 is 5.32 Å². The van der Waals surface area contributed by atoms with Gasteiger partial charge in [-0.05, 0) is 37.9 Å². The first kappa shape index (κ1) is 11.5. The molecule has 0 aliphatic carbocycles. The van der Waals surface area contributed by atoms with Gasteiger partial charge in [0.25, 0.3) is 0 Å². The molecule has 1 rings (SSSR count). The van der Waals surface area contributed by atoms with Gasteiger partial charge < -0.3 is 10.2 Å². The van der Waals surface area contributed by atoms with Crippen molar-refractivity contribution < 1.29 is 0 Å². The van der Waals surface area contributed by atoms with Gasteiger partial charge in [0.2, 0.25) is 0 Å². The average molecular weight is 203 g/mol. The zero-order chi connectivity index (χ0) is 11.1. The first-order chi connectivity index (χ1) is 7.26. The van der Waals surface area contributed by atoms with Crippen LogP contribution in [0.1, 0.15) is 12.5 Å². The average Bonchev–Trinajstić information content (AvgIpc) is 2.29. The second-order valence-electron chi connectivity index (χ2n) is 3.51. The van der Waals surface area contributed by atoms with Crippen molar-refractivity contribution >= 4 is 5.69 Å². The molecule has 0 aliphatic heterocycles. The van der Waals surface area contributed by atoms with Crippen molar-refractivity contribution in [3.63, 3.8) is 0 Å². The van der Waals surface area contributed by atoms with Crippen molar-refractivity contribution in [2.24, 2.45) is 0 Å². The maximum absolute atomic E-state index is 8.63. The van der Waals surface area contributed by atoms with E-state index in [0.29, 0.717) is 5.56 Å². The second kappa shape index (κ2) is 6.05. The molecule has 0 unspecified atom stereocenters. The van der Waals surface area contributed by atoms with E-state index < -0.39 is 0 Å². The van der Waals surface area contributed by atoms with Crippen LogP contribution in [-0.2, 0) is 0 Å². The Balaban J connectivity index is 2.35. The molecule has 1 aromatic rings. The van der Waals surface area contributed by atoms with Crippen LogP contribution in [0.25, 0.3) is 0 Å². The lowest BCUT2D eigenvalue weighted by Crippen LogP contribution is -2.24.